The molecule has 3 atom stereocenters. The molecule has 0 spiro atoms. The molecular weight excluding hydrogens is 124 g/mol. The lowest BCUT2D eigenvalue weighted by Crippen LogP contribution is -2.60. The van der Waals surface area contributed by atoms with Gasteiger partial charge in [-0.3, -0.25) is 10.6 Å². The lowest BCUT2D eigenvalue weighted by Gasteiger charge is -2.29. The van der Waals surface area contributed by atoms with E-state index in [0.717, 1.165) is 0 Å². The number of aliphatic hydroxyl groups excluding tert-OH is 3. The van der Waals surface area contributed by atoms with Crippen LogP contribution in [-0.2, 0) is 0 Å². The Labute approximate surface area is 52.3 Å². The minimum Gasteiger partial charge on any atom is -0.377 e. The van der Waals surface area contributed by atoms with Crippen LogP contribution in [0, 0.1) is 0 Å². The summed E-state index contributed by atoms with van der Waals surface area (Å²) in [6, 6.07) is 0. The molecule has 0 aromatic rings. The average Bonchev–Trinajstić information content (AvgIpc) is 1.80. The Kier molecular flexibility index (Phi) is 1.99. The molecule has 0 radical (unpaired) electrons. The Bertz CT molecular complexity index is 99.8. The predicted molar refractivity (Wildman–Crippen MR) is 29.2 cm³/mol. The fourth-order valence-electron chi connectivity index (χ4n) is 0.691. The number of β-amino-alcohol motifs (C(OH)–C–C–N with tert-alkyl or cyclic N) is 1. The molecular formula is C4H10N2O3. The van der Waals surface area contributed by atoms with Gasteiger partial charge in [-0.25, -0.2) is 0 Å². The molecule has 1 saturated heterocycles. The van der Waals surface area contributed by atoms with Crippen LogP contribution in [0.25, 0.3) is 0 Å². The molecule has 9 heavy (non-hydrogen) atoms. The molecule has 5 nitrogen and oxygen atoms in total. The standard InChI is InChI=1S/C4H10N2O3/c7-2-1-5-3(8)4(9)6-2/h2-9H,1H2. The Hall–Kier alpha value is -0.200. The van der Waals surface area contributed by atoms with Crippen molar-refractivity contribution in [2.75, 3.05) is 6.54 Å². The fourth-order valence-corrected chi connectivity index (χ4v) is 0.691. The number of aliphatic hydroxyl groups is 3. The normalized spacial score (nSPS) is 45.0. The maximum absolute atomic E-state index is 8.76. The maximum Gasteiger partial charge on any atom is 0.146 e. The van der Waals surface area contributed by atoms with E-state index in [0.29, 0.717) is 0 Å². The van der Waals surface area contributed by atoms with Gasteiger partial charge in [0.05, 0.1) is 0 Å². The first-order chi connectivity index (χ1) is 4.20. The minimum atomic E-state index is -1.08. The van der Waals surface area contributed by atoms with E-state index < -0.39 is 18.7 Å². The molecule has 0 saturated carbocycles. The molecule has 0 aromatic heterocycles. The van der Waals surface area contributed by atoms with Gasteiger partial charge in [0.15, 0.2) is 0 Å². The van der Waals surface area contributed by atoms with Crippen molar-refractivity contribution in [3.05, 3.63) is 0 Å². The summed E-state index contributed by atoms with van der Waals surface area (Å²) in [7, 11) is 0. The molecule has 5 heteroatoms. The van der Waals surface area contributed by atoms with Crippen molar-refractivity contribution >= 4 is 0 Å². The maximum atomic E-state index is 8.76. The van der Waals surface area contributed by atoms with E-state index in [1.807, 2.05) is 0 Å². The van der Waals surface area contributed by atoms with Crippen LogP contribution in [0.2, 0.25) is 0 Å². The molecule has 1 heterocycles. The van der Waals surface area contributed by atoms with Gasteiger partial charge in [-0.05, 0) is 0 Å². The highest BCUT2D eigenvalue weighted by Gasteiger charge is 2.23. The molecule has 0 aromatic carbocycles. The van der Waals surface area contributed by atoms with Crippen molar-refractivity contribution in [2.45, 2.75) is 18.7 Å². The minimum absolute atomic E-state index is 0.248. The molecule has 5 N–H and O–H groups in total. The summed E-state index contributed by atoms with van der Waals surface area (Å²) in [5.74, 6) is 0. The summed E-state index contributed by atoms with van der Waals surface area (Å²) in [6.45, 7) is 0.248. The zero-order valence-electron chi connectivity index (χ0n) is 4.78. The predicted octanol–water partition coefficient (Wildman–Crippen LogP) is -2.87. The van der Waals surface area contributed by atoms with E-state index in [4.69, 9.17) is 15.3 Å². The van der Waals surface area contributed by atoms with Gasteiger partial charge >= 0.3 is 0 Å². The van der Waals surface area contributed by atoms with Gasteiger partial charge in [0, 0.05) is 6.54 Å². The second kappa shape index (κ2) is 2.59. The lowest BCUT2D eigenvalue weighted by molar-refractivity contribution is -0.0840. The van der Waals surface area contributed by atoms with Gasteiger partial charge in [-0.1, -0.05) is 0 Å². The van der Waals surface area contributed by atoms with Crippen molar-refractivity contribution in [2.24, 2.45) is 0 Å². The number of piperazine rings is 1. The summed E-state index contributed by atoms with van der Waals surface area (Å²) in [6.07, 6.45) is -2.83. The van der Waals surface area contributed by atoms with Gasteiger partial charge in [-0.15, -0.1) is 0 Å². The molecule has 1 rings (SSSR count). The van der Waals surface area contributed by atoms with Crippen molar-refractivity contribution in [3.8, 4) is 0 Å². The van der Waals surface area contributed by atoms with Crippen molar-refractivity contribution < 1.29 is 15.3 Å². The number of hydrogen-bond acceptors (Lipinski definition) is 5. The van der Waals surface area contributed by atoms with Crippen LogP contribution in [0.4, 0.5) is 0 Å². The van der Waals surface area contributed by atoms with Crippen LogP contribution >= 0.6 is 0 Å². The Morgan fingerprint density at radius 1 is 1.11 bits per heavy atom. The number of nitrogens with one attached hydrogen (secondary N) is 2. The first kappa shape index (κ1) is 6.91. The third-order valence-corrected chi connectivity index (χ3v) is 1.18. The summed E-state index contributed by atoms with van der Waals surface area (Å²) >= 11 is 0. The first-order valence-corrected chi connectivity index (χ1v) is 2.74. The van der Waals surface area contributed by atoms with Gasteiger partial charge in [0.25, 0.3) is 0 Å². The summed E-state index contributed by atoms with van der Waals surface area (Å²) < 4.78 is 0. The molecule has 0 aliphatic carbocycles. The second-order valence-electron chi connectivity index (χ2n) is 1.98. The van der Waals surface area contributed by atoms with Gasteiger partial charge < -0.3 is 15.3 Å². The van der Waals surface area contributed by atoms with Crippen LogP contribution in [0.1, 0.15) is 0 Å². The van der Waals surface area contributed by atoms with Crippen LogP contribution in [0.5, 0.6) is 0 Å². The van der Waals surface area contributed by atoms with Crippen LogP contribution < -0.4 is 10.6 Å². The fraction of sp³-hybridized carbons (Fsp3) is 1.00. The molecule has 54 valence electrons. The van der Waals surface area contributed by atoms with E-state index in [-0.39, 0.29) is 6.54 Å². The molecule has 3 unspecified atom stereocenters. The van der Waals surface area contributed by atoms with Crippen LogP contribution in [0.3, 0.4) is 0 Å². The summed E-state index contributed by atoms with van der Waals surface area (Å²) in [5.41, 5.74) is 0. The number of hydrogen-bond donors (Lipinski definition) is 5. The van der Waals surface area contributed by atoms with Gasteiger partial charge in [0.2, 0.25) is 0 Å². The third-order valence-electron chi connectivity index (χ3n) is 1.18. The zero-order valence-corrected chi connectivity index (χ0v) is 4.78. The highest BCUT2D eigenvalue weighted by atomic mass is 16.4. The van der Waals surface area contributed by atoms with E-state index in [1.54, 1.807) is 0 Å². The van der Waals surface area contributed by atoms with E-state index >= 15 is 0 Å². The molecule has 1 aliphatic heterocycles. The van der Waals surface area contributed by atoms with E-state index in [2.05, 4.69) is 10.6 Å². The average molecular weight is 134 g/mol. The van der Waals surface area contributed by atoms with Crippen LogP contribution in [-0.4, -0.2) is 40.5 Å². The smallest absolute Gasteiger partial charge is 0.146 e. The van der Waals surface area contributed by atoms with E-state index in [9.17, 15) is 0 Å². The highest BCUT2D eigenvalue weighted by Crippen LogP contribution is 1.92. The topological polar surface area (TPSA) is 84.8 Å². The molecule has 0 bridgehead atoms. The second-order valence-corrected chi connectivity index (χ2v) is 1.98. The van der Waals surface area contributed by atoms with Gasteiger partial charge in [0.1, 0.15) is 18.7 Å². The van der Waals surface area contributed by atoms with E-state index in [1.165, 1.54) is 0 Å². The third kappa shape index (κ3) is 1.60. The SMILES string of the molecule is OC1CNC(O)C(O)N1. The first-order valence-electron chi connectivity index (χ1n) is 2.74. The number of rotatable bonds is 0. The molecule has 0 amide bonds. The molecule has 1 fully saturated rings. The van der Waals surface area contributed by atoms with Gasteiger partial charge in [-0.2, -0.15) is 0 Å². The monoisotopic (exact) mass is 134 g/mol. The highest BCUT2D eigenvalue weighted by molar-refractivity contribution is 4.73. The Balaban J connectivity index is 2.35. The zero-order chi connectivity index (χ0) is 6.85. The van der Waals surface area contributed by atoms with Crippen LogP contribution in [0.15, 0.2) is 0 Å². The molecule has 1 aliphatic rings. The largest absolute Gasteiger partial charge is 0.377 e. The lowest BCUT2D eigenvalue weighted by atomic mass is 10.3. The summed E-state index contributed by atoms with van der Waals surface area (Å²) in [5, 5.41) is 31.1. The Morgan fingerprint density at radius 2 is 1.78 bits per heavy atom. The Morgan fingerprint density at radius 3 is 2.22 bits per heavy atom. The quantitative estimate of drug-likeness (QED) is 0.246. The van der Waals surface area contributed by atoms with Crippen molar-refractivity contribution in [3.63, 3.8) is 0 Å². The van der Waals surface area contributed by atoms with Crippen molar-refractivity contribution in [1.82, 2.24) is 10.6 Å². The summed E-state index contributed by atoms with van der Waals surface area (Å²) in [4.78, 5) is 0. The van der Waals surface area contributed by atoms with Crippen molar-refractivity contribution in [1.29, 1.82) is 0 Å².